The van der Waals surface area contributed by atoms with Gasteiger partial charge >= 0.3 is 0 Å². The van der Waals surface area contributed by atoms with Crippen LogP contribution in [0.4, 0.5) is 0 Å². The van der Waals surface area contributed by atoms with Crippen molar-refractivity contribution in [3.63, 3.8) is 0 Å². The fraction of sp³-hybridized carbons (Fsp3) is 0.0400. The molecule has 0 heterocycles. The van der Waals surface area contributed by atoms with Crippen LogP contribution >= 0.6 is 7.92 Å². The quantitative estimate of drug-likeness (QED) is 0.427. The van der Waals surface area contributed by atoms with Gasteiger partial charge in [0, 0.05) is 4.90 Å². The van der Waals surface area contributed by atoms with Crippen molar-refractivity contribution in [1.29, 1.82) is 0 Å². The van der Waals surface area contributed by atoms with Gasteiger partial charge in [-0.3, -0.25) is 4.21 Å². The fourth-order valence-electron chi connectivity index (χ4n) is 3.23. The molecule has 0 aliphatic rings. The summed E-state index contributed by atoms with van der Waals surface area (Å²) in [5.74, 6) is 0.526. The lowest BCUT2D eigenvalue weighted by Gasteiger charge is -2.22. The first-order valence-corrected chi connectivity index (χ1v) is 11.9. The Balaban J connectivity index is 1.77. The van der Waals surface area contributed by atoms with Gasteiger partial charge in [-0.05, 0) is 41.5 Å². The molecular formula is C25H21OPS. The number of hydrogen-bond acceptors (Lipinski definition) is 1. The van der Waals surface area contributed by atoms with Crippen LogP contribution in [0.2, 0.25) is 0 Å². The zero-order valence-electron chi connectivity index (χ0n) is 15.4. The Labute approximate surface area is 170 Å². The Hall–Kier alpha value is -2.54. The lowest BCUT2D eigenvalue weighted by molar-refractivity contribution is 0.682. The predicted octanol–water partition coefficient (Wildman–Crippen LogP) is 4.75. The van der Waals surface area contributed by atoms with Crippen molar-refractivity contribution in [3.8, 4) is 0 Å². The molecule has 3 heteroatoms. The third-order valence-corrected chi connectivity index (χ3v) is 8.47. The minimum atomic E-state index is -1.06. The van der Waals surface area contributed by atoms with Crippen LogP contribution in [0.1, 0.15) is 5.56 Å². The second-order valence-electron chi connectivity index (χ2n) is 6.44. The predicted molar refractivity (Wildman–Crippen MR) is 122 cm³/mol. The maximum absolute atomic E-state index is 13.0. The molecule has 0 fully saturated rings. The fourth-order valence-corrected chi connectivity index (χ4v) is 6.97. The molecule has 4 aromatic rings. The Bertz CT molecular complexity index is 1010. The van der Waals surface area contributed by atoms with Gasteiger partial charge in [0.25, 0.3) is 0 Å². The minimum Gasteiger partial charge on any atom is -0.254 e. The van der Waals surface area contributed by atoms with Crippen LogP contribution in [-0.4, -0.2) is 4.21 Å². The summed E-state index contributed by atoms with van der Waals surface area (Å²) in [6.45, 7) is 0. The third kappa shape index (κ3) is 4.30. The van der Waals surface area contributed by atoms with E-state index in [1.54, 1.807) is 0 Å². The van der Waals surface area contributed by atoms with Crippen LogP contribution in [0.5, 0.6) is 0 Å². The molecule has 0 aliphatic heterocycles. The molecule has 138 valence electrons. The van der Waals surface area contributed by atoms with E-state index in [1.807, 2.05) is 36.4 Å². The highest BCUT2D eigenvalue weighted by Gasteiger charge is 2.20. The lowest BCUT2D eigenvalue weighted by atomic mass is 10.2. The van der Waals surface area contributed by atoms with E-state index in [0.717, 1.165) is 10.5 Å². The normalized spacial score (nSPS) is 12.0. The maximum atomic E-state index is 13.0. The zero-order chi connectivity index (χ0) is 19.2. The van der Waals surface area contributed by atoms with E-state index >= 15 is 0 Å². The van der Waals surface area contributed by atoms with Crippen molar-refractivity contribution < 1.29 is 4.21 Å². The highest BCUT2D eigenvalue weighted by Crippen LogP contribution is 2.34. The molecule has 28 heavy (non-hydrogen) atoms. The van der Waals surface area contributed by atoms with Crippen molar-refractivity contribution in [2.75, 3.05) is 0 Å². The van der Waals surface area contributed by atoms with Gasteiger partial charge in [0.15, 0.2) is 0 Å². The summed E-state index contributed by atoms with van der Waals surface area (Å²) in [7, 11) is -1.76. The molecule has 1 atom stereocenters. The molecule has 0 radical (unpaired) electrons. The van der Waals surface area contributed by atoms with Crippen LogP contribution < -0.4 is 15.9 Å². The van der Waals surface area contributed by atoms with Crippen molar-refractivity contribution in [2.45, 2.75) is 10.6 Å². The van der Waals surface area contributed by atoms with Crippen molar-refractivity contribution in [2.24, 2.45) is 0 Å². The van der Waals surface area contributed by atoms with Gasteiger partial charge in [-0.2, -0.15) is 0 Å². The molecule has 0 aromatic heterocycles. The Kier molecular flexibility index (Phi) is 6.11. The summed E-state index contributed by atoms with van der Waals surface area (Å²) in [6.07, 6.45) is 0. The summed E-state index contributed by atoms with van der Waals surface area (Å²) in [5, 5.41) is 3.89. The topological polar surface area (TPSA) is 17.1 Å². The maximum Gasteiger partial charge on any atom is 0.0574 e. The van der Waals surface area contributed by atoms with Gasteiger partial charge in [-0.1, -0.05) is 103 Å². The lowest BCUT2D eigenvalue weighted by Crippen LogP contribution is -2.23. The summed E-state index contributed by atoms with van der Waals surface area (Å²) in [5.41, 5.74) is 1.16. The second kappa shape index (κ2) is 9.10. The van der Waals surface area contributed by atoms with Gasteiger partial charge < -0.3 is 0 Å². The third-order valence-electron chi connectivity index (χ3n) is 4.55. The van der Waals surface area contributed by atoms with Gasteiger partial charge in [0.2, 0.25) is 0 Å². The molecule has 0 saturated heterocycles. The average molecular weight is 400 g/mol. The standard InChI is InChI=1S/C25H21OPS/c26-28(24-17-8-3-9-18-24)20-21-12-10-11-19-25(21)27(22-13-4-1-5-14-22)23-15-6-2-7-16-23/h1-19H,20H2. The highest BCUT2D eigenvalue weighted by atomic mass is 32.2. The van der Waals surface area contributed by atoms with Gasteiger partial charge in [-0.25, -0.2) is 0 Å². The van der Waals surface area contributed by atoms with Gasteiger partial charge in [-0.15, -0.1) is 0 Å². The molecule has 0 spiro atoms. The molecule has 0 amide bonds. The second-order valence-corrected chi connectivity index (χ2v) is 10.1. The first-order valence-electron chi connectivity index (χ1n) is 9.24. The average Bonchev–Trinajstić information content (AvgIpc) is 2.77. The van der Waals surface area contributed by atoms with E-state index in [4.69, 9.17) is 0 Å². The summed E-state index contributed by atoms with van der Waals surface area (Å²) >= 11 is 0. The van der Waals surface area contributed by atoms with Crippen LogP contribution in [0.15, 0.2) is 120 Å². The van der Waals surface area contributed by atoms with Crippen molar-refractivity contribution in [1.82, 2.24) is 0 Å². The first kappa shape index (κ1) is 18.8. The van der Waals surface area contributed by atoms with Gasteiger partial charge in [0.1, 0.15) is 0 Å². The Morgan fingerprint density at radius 2 is 1.04 bits per heavy atom. The van der Waals surface area contributed by atoms with E-state index < -0.39 is 18.7 Å². The monoisotopic (exact) mass is 400 g/mol. The number of benzene rings is 4. The molecule has 0 saturated carbocycles. The SMILES string of the molecule is O=S(Cc1ccccc1P(c1ccccc1)c1ccccc1)c1ccccc1. The molecular weight excluding hydrogens is 379 g/mol. The highest BCUT2D eigenvalue weighted by molar-refractivity contribution is 7.84. The molecule has 0 N–H and O–H groups in total. The van der Waals surface area contributed by atoms with Crippen molar-refractivity contribution >= 4 is 34.6 Å². The molecule has 4 aromatic carbocycles. The zero-order valence-corrected chi connectivity index (χ0v) is 17.2. The minimum absolute atomic E-state index is 0.526. The molecule has 1 nitrogen and oxygen atoms in total. The number of rotatable bonds is 6. The number of hydrogen-bond donors (Lipinski definition) is 0. The van der Waals surface area contributed by atoms with E-state index in [0.29, 0.717) is 5.75 Å². The summed E-state index contributed by atoms with van der Waals surface area (Å²) in [6, 6.07) is 39.5. The van der Waals surface area contributed by atoms with E-state index in [-0.39, 0.29) is 0 Å². The first-order chi connectivity index (χ1) is 13.8. The van der Waals surface area contributed by atoms with Crippen LogP contribution in [-0.2, 0) is 16.6 Å². The van der Waals surface area contributed by atoms with E-state index in [9.17, 15) is 4.21 Å². The van der Waals surface area contributed by atoms with Crippen LogP contribution in [0.25, 0.3) is 0 Å². The molecule has 4 rings (SSSR count). The van der Waals surface area contributed by atoms with E-state index in [2.05, 4.69) is 78.9 Å². The van der Waals surface area contributed by atoms with Crippen molar-refractivity contribution in [3.05, 3.63) is 121 Å². The van der Waals surface area contributed by atoms with Crippen LogP contribution in [0.3, 0.4) is 0 Å². The van der Waals surface area contributed by atoms with Gasteiger partial charge in [0.05, 0.1) is 16.6 Å². The Morgan fingerprint density at radius 1 is 0.571 bits per heavy atom. The van der Waals surface area contributed by atoms with E-state index in [1.165, 1.54) is 15.9 Å². The Morgan fingerprint density at radius 3 is 1.61 bits per heavy atom. The summed E-state index contributed by atoms with van der Waals surface area (Å²) < 4.78 is 13.0. The molecule has 1 unspecified atom stereocenters. The van der Waals surface area contributed by atoms with Crippen LogP contribution in [0, 0.1) is 0 Å². The largest absolute Gasteiger partial charge is 0.254 e. The molecule has 0 bridgehead atoms. The smallest absolute Gasteiger partial charge is 0.0574 e. The summed E-state index contributed by atoms with van der Waals surface area (Å²) in [4.78, 5) is 0.876. The molecule has 0 aliphatic carbocycles.